The van der Waals surface area contributed by atoms with E-state index in [2.05, 4.69) is 143 Å². The molecule has 1 fully saturated rings. The van der Waals surface area contributed by atoms with E-state index in [0.29, 0.717) is 4.22 Å². The Labute approximate surface area is 282 Å². The summed E-state index contributed by atoms with van der Waals surface area (Å²) < 4.78 is 4.23. The summed E-state index contributed by atoms with van der Waals surface area (Å²) in [5.74, 6) is 0. The van der Waals surface area contributed by atoms with Crippen molar-refractivity contribution >= 4 is 3.81 Å². The van der Waals surface area contributed by atoms with Crippen molar-refractivity contribution in [3.05, 3.63) is 153 Å². The second-order valence-corrected chi connectivity index (χ2v) is 17.9. The zero-order valence-corrected chi connectivity index (χ0v) is 29.4. The van der Waals surface area contributed by atoms with Crippen LogP contribution in [0.2, 0.25) is 0 Å². The summed E-state index contributed by atoms with van der Waals surface area (Å²) in [6.07, 6.45) is 13.8. The molecule has 4 aromatic carbocycles. The molecule has 0 bridgehead atoms. The first-order chi connectivity index (χ1) is 20.4. The van der Waals surface area contributed by atoms with Crippen LogP contribution in [0.3, 0.4) is 0 Å². The molecule has 1 saturated carbocycles. The van der Waals surface area contributed by atoms with E-state index in [-0.39, 0.29) is 35.6 Å². The number of hydrogen-bond donors (Lipinski definition) is 0. The van der Waals surface area contributed by atoms with Crippen molar-refractivity contribution < 1.29 is 42.2 Å². The number of fused-ring (bicyclic) bond motifs is 3. The SMILES string of the molecule is CC(C)(c1ccccc1)c1ccc2c(c1)[CH]([Ti+2]([C]1=CC=CC1)=[C]1CCCC1)c1cc(C(C)(C)c3ccccc3)ccc1-2.[Cl-].[Cl-]. The van der Waals surface area contributed by atoms with Crippen molar-refractivity contribution in [2.45, 2.75) is 74.9 Å². The third-order valence-corrected chi connectivity index (χ3v) is 15.9. The summed E-state index contributed by atoms with van der Waals surface area (Å²) in [4.78, 5) is 0. The quantitative estimate of drug-likeness (QED) is 0.267. The molecule has 0 atom stereocenters. The molecule has 0 spiro atoms. The first kappa shape index (κ1) is 32.9. The summed E-state index contributed by atoms with van der Waals surface area (Å²) in [7, 11) is 0. The van der Waals surface area contributed by atoms with Crippen molar-refractivity contribution in [2.24, 2.45) is 0 Å². The van der Waals surface area contributed by atoms with Crippen LogP contribution in [0.1, 0.15) is 97.4 Å². The smallest absolute Gasteiger partial charge is 1.00 e. The van der Waals surface area contributed by atoms with Crippen molar-refractivity contribution in [2.75, 3.05) is 0 Å². The summed E-state index contributed by atoms with van der Waals surface area (Å²) in [6, 6.07) is 37.2. The molecule has 0 aromatic heterocycles. The second-order valence-electron chi connectivity index (χ2n) is 13.6. The molecule has 0 radical (unpaired) electrons. The van der Waals surface area contributed by atoms with E-state index in [1.54, 1.807) is 15.0 Å². The Hall–Kier alpha value is -2.48. The van der Waals surface area contributed by atoms with Gasteiger partial charge in [-0.05, 0) is 0 Å². The van der Waals surface area contributed by atoms with Gasteiger partial charge in [-0.2, -0.15) is 0 Å². The molecule has 0 N–H and O–H groups in total. The van der Waals surface area contributed by atoms with Crippen molar-refractivity contribution in [1.29, 1.82) is 0 Å². The van der Waals surface area contributed by atoms with Gasteiger partial charge in [0, 0.05) is 0 Å². The molecule has 3 heteroatoms. The van der Waals surface area contributed by atoms with E-state index in [1.165, 1.54) is 59.1 Å². The number of allylic oxidation sites excluding steroid dienone is 4. The standard InChI is InChI=1S/C31H29.C5H8.C5H5.2ClH.Ti/c1-30(2,24-11-7-5-8-12-24)26-15-17-28-22(20-26)19-23-21-27(16-18-29(23)28)31(3,4)25-13-9-6-10-14-25;2*1-2-4-5-3-1;;;/h5-21H,1-4H3;1-4H2;1-3H,4H2;2*1H;/q;;;;;+2/p-2. The molecule has 0 amide bonds. The Morgan fingerprint density at radius 1 is 0.591 bits per heavy atom. The van der Waals surface area contributed by atoms with E-state index < -0.39 is 17.4 Å². The minimum absolute atomic E-state index is 0. The average Bonchev–Trinajstić information content (AvgIpc) is 3.80. The number of halogens is 2. The van der Waals surface area contributed by atoms with E-state index in [1.807, 2.05) is 3.81 Å². The Balaban J connectivity index is 0.00000192. The first-order valence-electron chi connectivity index (χ1n) is 15.8. The van der Waals surface area contributed by atoms with Gasteiger partial charge in [0.25, 0.3) is 0 Å². The topological polar surface area (TPSA) is 0 Å². The number of hydrogen-bond acceptors (Lipinski definition) is 0. The summed E-state index contributed by atoms with van der Waals surface area (Å²) in [5.41, 5.74) is 11.7. The molecular formula is C41H42Cl2Ti. The maximum atomic E-state index is 2.63. The molecule has 4 aromatic rings. The van der Waals surface area contributed by atoms with Crippen LogP contribution in [0.5, 0.6) is 0 Å². The van der Waals surface area contributed by atoms with Crippen molar-refractivity contribution in [1.82, 2.24) is 0 Å². The fourth-order valence-corrected chi connectivity index (χ4v) is 13.7. The predicted octanol–water partition coefficient (Wildman–Crippen LogP) is 4.62. The normalized spacial score (nSPS) is 15.5. The minimum Gasteiger partial charge on any atom is -1.00 e. The van der Waals surface area contributed by atoms with E-state index in [4.69, 9.17) is 0 Å². The minimum atomic E-state index is -1.83. The van der Waals surface area contributed by atoms with Gasteiger partial charge in [0.2, 0.25) is 0 Å². The van der Waals surface area contributed by atoms with Gasteiger partial charge in [0.15, 0.2) is 0 Å². The van der Waals surface area contributed by atoms with Gasteiger partial charge in [0.05, 0.1) is 0 Å². The van der Waals surface area contributed by atoms with Crippen LogP contribution in [-0.4, -0.2) is 3.81 Å². The summed E-state index contributed by atoms with van der Waals surface area (Å²) >= 11 is -1.83. The largest absolute Gasteiger partial charge is 1.00 e. The molecular weight excluding hydrogens is 611 g/mol. The van der Waals surface area contributed by atoms with E-state index in [0.717, 1.165) is 6.42 Å². The van der Waals surface area contributed by atoms with Crippen LogP contribution in [0, 0.1) is 0 Å². The van der Waals surface area contributed by atoms with Gasteiger partial charge < -0.3 is 24.8 Å². The second kappa shape index (κ2) is 13.1. The molecule has 3 aliphatic rings. The average molecular weight is 654 g/mol. The Morgan fingerprint density at radius 2 is 1.07 bits per heavy atom. The molecule has 224 valence electrons. The molecule has 3 aliphatic carbocycles. The Kier molecular flexibility index (Phi) is 9.79. The van der Waals surface area contributed by atoms with Gasteiger partial charge in [-0.25, -0.2) is 0 Å². The molecule has 7 rings (SSSR count). The van der Waals surface area contributed by atoms with Crippen LogP contribution in [0.25, 0.3) is 11.1 Å². The van der Waals surface area contributed by atoms with Gasteiger partial charge in [-0.3, -0.25) is 0 Å². The van der Waals surface area contributed by atoms with Crippen LogP contribution in [0.4, 0.5) is 0 Å². The predicted molar refractivity (Wildman–Crippen MR) is 176 cm³/mol. The van der Waals surface area contributed by atoms with Crippen LogP contribution >= 0.6 is 0 Å². The van der Waals surface area contributed by atoms with E-state index >= 15 is 0 Å². The zero-order valence-electron chi connectivity index (χ0n) is 26.3. The van der Waals surface area contributed by atoms with Gasteiger partial charge in [0.1, 0.15) is 0 Å². The first-order valence-corrected chi connectivity index (χ1v) is 18.3. The molecule has 0 aliphatic heterocycles. The molecule has 44 heavy (non-hydrogen) atoms. The Morgan fingerprint density at radius 3 is 1.50 bits per heavy atom. The van der Waals surface area contributed by atoms with E-state index in [9.17, 15) is 0 Å². The van der Waals surface area contributed by atoms with Gasteiger partial charge in [-0.15, -0.1) is 0 Å². The maximum absolute atomic E-state index is 2.63. The fourth-order valence-electron chi connectivity index (χ4n) is 7.73. The maximum Gasteiger partial charge on any atom is -1.00 e. The van der Waals surface area contributed by atoms with Crippen LogP contribution in [-0.2, 0) is 28.2 Å². The molecule has 0 unspecified atom stereocenters. The van der Waals surface area contributed by atoms with Gasteiger partial charge >= 0.3 is 260 Å². The number of rotatable bonds is 6. The van der Waals surface area contributed by atoms with Crippen LogP contribution in [0.15, 0.2) is 119 Å². The third-order valence-electron chi connectivity index (χ3n) is 10.4. The Bertz CT molecular complexity index is 1630. The fraction of sp³-hybridized carbons (Fsp3) is 0.293. The van der Waals surface area contributed by atoms with Crippen molar-refractivity contribution in [3.63, 3.8) is 0 Å². The monoisotopic (exact) mass is 652 g/mol. The van der Waals surface area contributed by atoms with Crippen LogP contribution < -0.4 is 24.8 Å². The summed E-state index contributed by atoms with van der Waals surface area (Å²) in [6.45, 7) is 9.59. The molecule has 0 saturated heterocycles. The molecule has 0 heterocycles. The summed E-state index contributed by atoms with van der Waals surface area (Å²) in [5, 5.41) is 0. The van der Waals surface area contributed by atoms with Crippen molar-refractivity contribution in [3.8, 4) is 11.1 Å². The number of benzene rings is 4. The third kappa shape index (κ3) is 5.69. The zero-order chi connectivity index (χ0) is 28.9. The molecule has 0 nitrogen and oxygen atoms in total. The van der Waals surface area contributed by atoms with Gasteiger partial charge in [-0.1, -0.05) is 0 Å².